The Morgan fingerprint density at radius 2 is 2.32 bits per heavy atom. The van der Waals surface area contributed by atoms with E-state index in [0.717, 1.165) is 17.8 Å². The highest BCUT2D eigenvalue weighted by Crippen LogP contribution is 2.31. The number of nitrogens with zero attached hydrogens (tertiary/aromatic N) is 2. The summed E-state index contributed by atoms with van der Waals surface area (Å²) < 4.78 is 0. The van der Waals surface area contributed by atoms with Crippen molar-refractivity contribution in [2.75, 3.05) is 5.32 Å². The summed E-state index contributed by atoms with van der Waals surface area (Å²) in [5.74, 6) is 0.778. The van der Waals surface area contributed by atoms with Crippen molar-refractivity contribution in [2.24, 2.45) is 0 Å². The largest absolute Gasteiger partial charge is 0.369 e. The summed E-state index contributed by atoms with van der Waals surface area (Å²) in [6.45, 7) is 3.86. The van der Waals surface area contributed by atoms with Gasteiger partial charge in [0.05, 0.1) is 11.0 Å². The molecule has 1 unspecified atom stereocenters. The standard InChI is InChI=1S/C13H16N4O2/c1-3-10(13-14-7-8-15-13)16-12-9(2)5-4-6-11(12)17(18)19/h4-8,10,16H,3H2,1-2H3,(H,14,15). The number of para-hydroxylation sites is 1. The van der Waals surface area contributed by atoms with Crippen molar-refractivity contribution in [1.82, 2.24) is 9.97 Å². The second-order valence-corrected chi connectivity index (χ2v) is 4.31. The zero-order chi connectivity index (χ0) is 13.8. The van der Waals surface area contributed by atoms with Crippen LogP contribution in [0.1, 0.15) is 30.8 Å². The normalized spacial score (nSPS) is 12.1. The summed E-state index contributed by atoms with van der Waals surface area (Å²) in [6.07, 6.45) is 4.19. The molecule has 2 rings (SSSR count). The van der Waals surface area contributed by atoms with Crippen LogP contribution in [0.5, 0.6) is 0 Å². The lowest BCUT2D eigenvalue weighted by atomic mass is 10.1. The molecular weight excluding hydrogens is 244 g/mol. The number of H-pyrrole nitrogens is 1. The first-order valence-electron chi connectivity index (χ1n) is 6.13. The number of benzene rings is 1. The number of rotatable bonds is 5. The highest BCUT2D eigenvalue weighted by Gasteiger charge is 2.20. The van der Waals surface area contributed by atoms with Gasteiger partial charge in [0, 0.05) is 18.5 Å². The number of nitro groups is 1. The fourth-order valence-corrected chi connectivity index (χ4v) is 2.00. The molecule has 2 N–H and O–H groups in total. The number of nitrogens with one attached hydrogen (secondary N) is 2. The molecule has 1 aromatic heterocycles. The van der Waals surface area contributed by atoms with E-state index >= 15 is 0 Å². The first-order chi connectivity index (χ1) is 9.13. The summed E-state index contributed by atoms with van der Waals surface area (Å²) in [5.41, 5.74) is 1.49. The van der Waals surface area contributed by atoms with Crippen molar-refractivity contribution in [3.63, 3.8) is 0 Å². The Morgan fingerprint density at radius 1 is 1.53 bits per heavy atom. The predicted molar refractivity (Wildman–Crippen MR) is 73.1 cm³/mol. The van der Waals surface area contributed by atoms with Crippen molar-refractivity contribution in [3.05, 3.63) is 52.1 Å². The molecule has 0 aliphatic rings. The molecule has 0 saturated heterocycles. The van der Waals surface area contributed by atoms with E-state index in [-0.39, 0.29) is 16.7 Å². The van der Waals surface area contributed by atoms with Crippen molar-refractivity contribution >= 4 is 11.4 Å². The Bertz CT molecular complexity index is 566. The Labute approximate surface area is 111 Å². The molecule has 0 bridgehead atoms. The highest BCUT2D eigenvalue weighted by atomic mass is 16.6. The Hall–Kier alpha value is -2.37. The molecular formula is C13H16N4O2. The van der Waals surface area contributed by atoms with Crippen LogP contribution in [0, 0.1) is 17.0 Å². The lowest BCUT2D eigenvalue weighted by Crippen LogP contribution is -2.13. The Kier molecular flexibility index (Phi) is 3.79. The van der Waals surface area contributed by atoms with Gasteiger partial charge in [-0.05, 0) is 18.9 Å². The second kappa shape index (κ2) is 5.51. The minimum Gasteiger partial charge on any atom is -0.369 e. The van der Waals surface area contributed by atoms with Crippen molar-refractivity contribution in [1.29, 1.82) is 0 Å². The van der Waals surface area contributed by atoms with Crippen LogP contribution in [0.4, 0.5) is 11.4 Å². The van der Waals surface area contributed by atoms with Crippen LogP contribution < -0.4 is 5.32 Å². The molecule has 6 nitrogen and oxygen atoms in total. The minimum atomic E-state index is -0.371. The van der Waals surface area contributed by atoms with Gasteiger partial charge in [-0.25, -0.2) is 4.98 Å². The van der Waals surface area contributed by atoms with Gasteiger partial charge in [-0.3, -0.25) is 10.1 Å². The number of aromatic nitrogens is 2. The summed E-state index contributed by atoms with van der Waals surface area (Å²) in [7, 11) is 0. The van der Waals surface area contributed by atoms with E-state index in [0.29, 0.717) is 5.69 Å². The van der Waals surface area contributed by atoms with Gasteiger partial charge in [0.15, 0.2) is 0 Å². The van der Waals surface area contributed by atoms with Crippen molar-refractivity contribution in [3.8, 4) is 0 Å². The molecule has 0 fully saturated rings. The first-order valence-corrected chi connectivity index (χ1v) is 6.13. The van der Waals surface area contributed by atoms with Crippen LogP contribution in [0.15, 0.2) is 30.6 Å². The van der Waals surface area contributed by atoms with E-state index in [9.17, 15) is 10.1 Å². The maximum absolute atomic E-state index is 11.1. The topological polar surface area (TPSA) is 83.8 Å². The fourth-order valence-electron chi connectivity index (χ4n) is 2.00. The number of imidazole rings is 1. The van der Waals surface area contributed by atoms with Crippen LogP contribution in [0.2, 0.25) is 0 Å². The van der Waals surface area contributed by atoms with E-state index < -0.39 is 0 Å². The predicted octanol–water partition coefficient (Wildman–Crippen LogP) is 3.19. The average Bonchev–Trinajstić information content (AvgIpc) is 2.90. The average molecular weight is 260 g/mol. The van der Waals surface area contributed by atoms with E-state index in [4.69, 9.17) is 0 Å². The molecule has 0 aliphatic carbocycles. The van der Waals surface area contributed by atoms with Crippen LogP contribution in [-0.2, 0) is 0 Å². The summed E-state index contributed by atoms with van der Waals surface area (Å²) in [6, 6.07) is 4.97. The molecule has 0 radical (unpaired) electrons. The molecule has 0 aliphatic heterocycles. The summed E-state index contributed by atoms with van der Waals surface area (Å²) in [5, 5.41) is 14.3. The third kappa shape index (κ3) is 2.73. The van der Waals surface area contributed by atoms with Gasteiger partial charge in [0.25, 0.3) is 5.69 Å². The van der Waals surface area contributed by atoms with E-state index in [1.54, 1.807) is 18.5 Å². The molecule has 0 spiro atoms. The van der Waals surface area contributed by atoms with Gasteiger partial charge in [-0.15, -0.1) is 0 Å². The molecule has 0 saturated carbocycles. The Morgan fingerprint density at radius 3 is 2.89 bits per heavy atom. The van der Waals surface area contributed by atoms with Gasteiger partial charge in [0.1, 0.15) is 11.5 Å². The third-order valence-electron chi connectivity index (χ3n) is 3.02. The number of hydrogen-bond donors (Lipinski definition) is 2. The molecule has 6 heteroatoms. The number of nitro benzene ring substituents is 1. The molecule has 19 heavy (non-hydrogen) atoms. The molecule has 1 aromatic carbocycles. The van der Waals surface area contributed by atoms with Crippen molar-refractivity contribution in [2.45, 2.75) is 26.3 Å². The maximum atomic E-state index is 11.1. The number of aryl methyl sites for hydroxylation is 1. The zero-order valence-electron chi connectivity index (χ0n) is 10.9. The van der Waals surface area contributed by atoms with Gasteiger partial charge >= 0.3 is 0 Å². The molecule has 0 amide bonds. The van der Waals surface area contributed by atoms with Crippen LogP contribution in [0.3, 0.4) is 0 Å². The van der Waals surface area contributed by atoms with Gasteiger partial charge in [0.2, 0.25) is 0 Å². The summed E-state index contributed by atoms with van der Waals surface area (Å²) >= 11 is 0. The molecule has 2 aromatic rings. The second-order valence-electron chi connectivity index (χ2n) is 4.31. The third-order valence-corrected chi connectivity index (χ3v) is 3.02. The monoisotopic (exact) mass is 260 g/mol. The number of hydrogen-bond acceptors (Lipinski definition) is 4. The van der Waals surface area contributed by atoms with Crippen molar-refractivity contribution < 1.29 is 4.92 Å². The lowest BCUT2D eigenvalue weighted by molar-refractivity contribution is -0.384. The smallest absolute Gasteiger partial charge is 0.292 e. The van der Waals surface area contributed by atoms with Crippen LogP contribution in [-0.4, -0.2) is 14.9 Å². The van der Waals surface area contributed by atoms with E-state index in [1.165, 1.54) is 6.07 Å². The fraction of sp³-hybridized carbons (Fsp3) is 0.308. The lowest BCUT2D eigenvalue weighted by Gasteiger charge is -2.17. The summed E-state index contributed by atoms with van der Waals surface area (Å²) in [4.78, 5) is 17.9. The highest BCUT2D eigenvalue weighted by molar-refractivity contribution is 5.66. The van der Waals surface area contributed by atoms with E-state index in [1.807, 2.05) is 19.9 Å². The van der Waals surface area contributed by atoms with E-state index in [2.05, 4.69) is 15.3 Å². The number of aromatic amines is 1. The van der Waals surface area contributed by atoms with Crippen LogP contribution in [0.25, 0.3) is 0 Å². The van der Waals surface area contributed by atoms with Crippen LogP contribution >= 0.6 is 0 Å². The zero-order valence-corrected chi connectivity index (χ0v) is 10.9. The molecule has 1 atom stereocenters. The Balaban J connectivity index is 2.34. The minimum absolute atomic E-state index is 0.0743. The maximum Gasteiger partial charge on any atom is 0.292 e. The molecule has 1 heterocycles. The first kappa shape index (κ1) is 13.1. The molecule has 100 valence electrons. The van der Waals surface area contributed by atoms with Gasteiger partial charge < -0.3 is 10.3 Å². The van der Waals surface area contributed by atoms with Gasteiger partial charge in [-0.2, -0.15) is 0 Å². The SMILES string of the molecule is CCC(Nc1c(C)cccc1[N+](=O)[O-])c1ncc[nH]1. The quantitative estimate of drug-likeness (QED) is 0.638. The number of anilines is 1. The van der Waals surface area contributed by atoms with Gasteiger partial charge in [-0.1, -0.05) is 19.1 Å².